The van der Waals surface area contributed by atoms with Crippen LogP contribution in [0.2, 0.25) is 0 Å². The predicted molar refractivity (Wildman–Crippen MR) is 71.5 cm³/mol. The molecule has 0 radical (unpaired) electrons. The van der Waals surface area contributed by atoms with Crippen molar-refractivity contribution in [3.8, 4) is 0 Å². The molecule has 0 bridgehead atoms. The van der Waals surface area contributed by atoms with Gasteiger partial charge in [-0.05, 0) is 37.0 Å². The first-order chi connectivity index (χ1) is 8.51. The molecule has 0 aliphatic heterocycles. The van der Waals surface area contributed by atoms with Gasteiger partial charge in [0.2, 0.25) is 0 Å². The molecule has 0 saturated heterocycles. The van der Waals surface area contributed by atoms with Crippen LogP contribution in [0.25, 0.3) is 0 Å². The number of hydrazine groups is 1. The lowest BCUT2D eigenvalue weighted by Crippen LogP contribution is -2.40. The van der Waals surface area contributed by atoms with Crippen LogP contribution in [0.3, 0.4) is 0 Å². The van der Waals surface area contributed by atoms with Gasteiger partial charge in [0.25, 0.3) is 0 Å². The van der Waals surface area contributed by atoms with Crippen molar-refractivity contribution >= 4 is 0 Å². The monoisotopic (exact) mass is 254 g/mol. The molecule has 0 amide bonds. The minimum atomic E-state index is -0.202. The Morgan fingerprint density at radius 2 is 2.06 bits per heavy atom. The number of aryl methyl sites for hydroxylation is 1. The maximum atomic E-state index is 13.3. The Morgan fingerprint density at radius 1 is 1.39 bits per heavy atom. The average Bonchev–Trinajstić information content (AvgIpc) is 2.33. The summed E-state index contributed by atoms with van der Waals surface area (Å²) >= 11 is 0. The van der Waals surface area contributed by atoms with Crippen molar-refractivity contribution in [2.75, 3.05) is 6.61 Å². The zero-order chi connectivity index (χ0) is 13.7. The summed E-state index contributed by atoms with van der Waals surface area (Å²) < 4.78 is 19.0. The van der Waals surface area contributed by atoms with Crippen molar-refractivity contribution in [3.63, 3.8) is 0 Å². The standard InChI is InChI=1S/C14H23FN2O/c1-5-18-14(9(2)3)13(17-16)11-6-7-12(15)10(4)8-11/h6-9,13-14,17H,5,16H2,1-4H3. The predicted octanol–water partition coefficient (Wildman–Crippen LogP) is 2.70. The van der Waals surface area contributed by atoms with Gasteiger partial charge in [0.1, 0.15) is 5.82 Å². The lowest BCUT2D eigenvalue weighted by molar-refractivity contribution is 0.00275. The van der Waals surface area contributed by atoms with E-state index < -0.39 is 0 Å². The van der Waals surface area contributed by atoms with Crippen LogP contribution >= 0.6 is 0 Å². The average molecular weight is 254 g/mol. The fourth-order valence-corrected chi connectivity index (χ4v) is 2.11. The van der Waals surface area contributed by atoms with Gasteiger partial charge in [0.05, 0.1) is 12.1 Å². The fourth-order valence-electron chi connectivity index (χ4n) is 2.11. The van der Waals surface area contributed by atoms with E-state index in [0.717, 1.165) is 5.56 Å². The van der Waals surface area contributed by atoms with Gasteiger partial charge in [0.15, 0.2) is 0 Å². The minimum Gasteiger partial charge on any atom is -0.376 e. The second-order valence-electron chi connectivity index (χ2n) is 4.82. The van der Waals surface area contributed by atoms with Crippen molar-refractivity contribution in [1.29, 1.82) is 0 Å². The maximum Gasteiger partial charge on any atom is 0.126 e. The second-order valence-corrected chi connectivity index (χ2v) is 4.82. The van der Waals surface area contributed by atoms with E-state index in [0.29, 0.717) is 18.1 Å². The summed E-state index contributed by atoms with van der Waals surface area (Å²) in [7, 11) is 0. The van der Waals surface area contributed by atoms with Crippen LogP contribution in [0.4, 0.5) is 4.39 Å². The van der Waals surface area contributed by atoms with Crippen LogP contribution < -0.4 is 11.3 Å². The number of nitrogens with one attached hydrogen (secondary N) is 1. The van der Waals surface area contributed by atoms with E-state index in [4.69, 9.17) is 10.6 Å². The molecule has 0 aromatic heterocycles. The molecule has 102 valence electrons. The first-order valence-electron chi connectivity index (χ1n) is 6.35. The van der Waals surface area contributed by atoms with Crippen LogP contribution in [-0.4, -0.2) is 12.7 Å². The van der Waals surface area contributed by atoms with Gasteiger partial charge in [-0.3, -0.25) is 11.3 Å². The third kappa shape index (κ3) is 3.51. The van der Waals surface area contributed by atoms with Crippen LogP contribution in [0.1, 0.15) is 37.9 Å². The van der Waals surface area contributed by atoms with Crippen molar-refractivity contribution in [1.82, 2.24) is 5.43 Å². The Labute approximate surface area is 108 Å². The summed E-state index contributed by atoms with van der Waals surface area (Å²) in [4.78, 5) is 0. The largest absolute Gasteiger partial charge is 0.376 e. The van der Waals surface area contributed by atoms with E-state index in [-0.39, 0.29) is 18.0 Å². The van der Waals surface area contributed by atoms with Crippen LogP contribution in [0.15, 0.2) is 18.2 Å². The topological polar surface area (TPSA) is 47.3 Å². The third-order valence-electron chi connectivity index (χ3n) is 3.07. The van der Waals surface area contributed by atoms with E-state index >= 15 is 0 Å². The second kappa shape index (κ2) is 6.83. The normalized spacial score (nSPS) is 14.8. The molecule has 0 saturated carbocycles. The van der Waals surface area contributed by atoms with Gasteiger partial charge in [0, 0.05) is 6.61 Å². The van der Waals surface area contributed by atoms with Gasteiger partial charge >= 0.3 is 0 Å². The lowest BCUT2D eigenvalue weighted by Gasteiger charge is -2.30. The molecule has 3 N–H and O–H groups in total. The first kappa shape index (κ1) is 15.1. The molecule has 0 heterocycles. The smallest absolute Gasteiger partial charge is 0.126 e. The van der Waals surface area contributed by atoms with E-state index in [9.17, 15) is 4.39 Å². The molecule has 2 unspecified atom stereocenters. The minimum absolute atomic E-state index is 0.0372. The van der Waals surface area contributed by atoms with E-state index in [2.05, 4.69) is 19.3 Å². The summed E-state index contributed by atoms with van der Waals surface area (Å²) in [5.41, 5.74) is 4.35. The fraction of sp³-hybridized carbons (Fsp3) is 0.571. The van der Waals surface area contributed by atoms with Crippen molar-refractivity contribution in [2.45, 2.75) is 39.8 Å². The Kier molecular flexibility index (Phi) is 5.72. The Bertz CT molecular complexity index is 382. The van der Waals surface area contributed by atoms with Crippen LogP contribution in [0.5, 0.6) is 0 Å². The summed E-state index contributed by atoms with van der Waals surface area (Å²) in [6.45, 7) is 8.50. The lowest BCUT2D eigenvalue weighted by atomic mass is 9.93. The van der Waals surface area contributed by atoms with Crippen molar-refractivity contribution in [3.05, 3.63) is 35.1 Å². The van der Waals surface area contributed by atoms with Crippen molar-refractivity contribution < 1.29 is 9.13 Å². The maximum absolute atomic E-state index is 13.3. The van der Waals surface area contributed by atoms with Crippen molar-refractivity contribution in [2.24, 2.45) is 11.8 Å². The number of rotatable bonds is 6. The Hall–Kier alpha value is -0.970. The Balaban J connectivity index is 3.02. The number of benzene rings is 1. The Morgan fingerprint density at radius 3 is 2.50 bits per heavy atom. The van der Waals surface area contributed by atoms with Gasteiger partial charge in [-0.25, -0.2) is 4.39 Å². The highest BCUT2D eigenvalue weighted by Gasteiger charge is 2.25. The highest BCUT2D eigenvalue weighted by molar-refractivity contribution is 5.27. The number of halogens is 1. The summed E-state index contributed by atoms with van der Waals surface area (Å²) in [6, 6.07) is 4.90. The van der Waals surface area contributed by atoms with Gasteiger partial charge in [-0.2, -0.15) is 0 Å². The molecule has 2 atom stereocenters. The van der Waals surface area contributed by atoms with Gasteiger partial charge < -0.3 is 4.74 Å². The molecule has 0 aliphatic rings. The quantitative estimate of drug-likeness (QED) is 0.606. The molecule has 4 heteroatoms. The van der Waals surface area contributed by atoms with E-state index in [1.165, 1.54) is 6.07 Å². The number of hydrogen-bond donors (Lipinski definition) is 2. The molecule has 0 aliphatic carbocycles. The zero-order valence-corrected chi connectivity index (χ0v) is 11.5. The molecule has 18 heavy (non-hydrogen) atoms. The SMILES string of the molecule is CCOC(C(C)C)C(NN)c1ccc(F)c(C)c1. The molecule has 1 aromatic rings. The third-order valence-corrected chi connectivity index (χ3v) is 3.07. The van der Waals surface area contributed by atoms with Gasteiger partial charge in [-0.1, -0.05) is 26.0 Å². The number of hydrogen-bond acceptors (Lipinski definition) is 3. The summed E-state index contributed by atoms with van der Waals surface area (Å²) in [5.74, 6) is 5.75. The summed E-state index contributed by atoms with van der Waals surface area (Å²) in [5, 5.41) is 0. The molecular formula is C14H23FN2O. The van der Waals surface area contributed by atoms with Crippen LogP contribution in [0, 0.1) is 18.7 Å². The molecular weight excluding hydrogens is 231 g/mol. The van der Waals surface area contributed by atoms with Crippen LogP contribution in [-0.2, 0) is 4.74 Å². The molecule has 1 aromatic carbocycles. The van der Waals surface area contributed by atoms with Gasteiger partial charge in [-0.15, -0.1) is 0 Å². The number of ether oxygens (including phenoxy) is 1. The molecule has 0 spiro atoms. The highest BCUT2D eigenvalue weighted by Crippen LogP contribution is 2.25. The molecule has 0 fully saturated rings. The van der Waals surface area contributed by atoms with E-state index in [1.807, 2.05) is 13.0 Å². The summed E-state index contributed by atoms with van der Waals surface area (Å²) in [6.07, 6.45) is -0.0372. The highest BCUT2D eigenvalue weighted by atomic mass is 19.1. The number of nitrogens with two attached hydrogens (primary N) is 1. The molecule has 3 nitrogen and oxygen atoms in total. The zero-order valence-electron chi connectivity index (χ0n) is 11.5. The van der Waals surface area contributed by atoms with E-state index in [1.54, 1.807) is 13.0 Å². The first-order valence-corrected chi connectivity index (χ1v) is 6.35. The molecule has 1 rings (SSSR count).